The Labute approximate surface area is 58.2 Å². The summed E-state index contributed by atoms with van der Waals surface area (Å²) in [5, 5.41) is 0. The Kier molecular flexibility index (Phi) is 1.62. The van der Waals surface area contributed by atoms with Gasteiger partial charge in [-0.15, -0.1) is 0 Å². The predicted octanol–water partition coefficient (Wildman–Crippen LogP) is 0.795. The molecular weight excluding hydrogens is 132 g/mol. The number of furan rings is 1. The number of hydrogen-bond acceptors (Lipinski definition) is 2. The van der Waals surface area contributed by atoms with Crippen LogP contribution >= 0.6 is 0 Å². The van der Waals surface area contributed by atoms with Crippen LogP contribution in [0.25, 0.3) is 0 Å². The zero-order chi connectivity index (χ0) is 7.56. The average Bonchev–Trinajstić information content (AvgIpc) is 2.36. The van der Waals surface area contributed by atoms with Gasteiger partial charge in [-0.2, -0.15) is 0 Å². The number of carbonyl (C=O) groups excluding carboxylic acids is 1. The fraction of sp³-hybridized carbons (Fsp3) is 0.167. The molecule has 0 saturated heterocycles. The van der Waals surface area contributed by atoms with Crippen LogP contribution in [-0.4, -0.2) is 13.1 Å². The van der Waals surface area contributed by atoms with Crippen LogP contribution in [0.15, 0.2) is 22.8 Å². The van der Waals surface area contributed by atoms with E-state index in [1.54, 1.807) is 19.2 Å². The summed E-state index contributed by atoms with van der Waals surface area (Å²) in [6.07, 6.45) is 1.48. The molecule has 0 aliphatic rings. The number of nitrogens with zero attached hydrogens (tertiary/aromatic N) is 1. The third-order valence-electron chi connectivity index (χ3n) is 1.17. The Morgan fingerprint density at radius 1 is 1.80 bits per heavy atom. The van der Waals surface area contributed by atoms with Crippen LogP contribution in [-0.2, 0) is 0 Å². The van der Waals surface area contributed by atoms with Gasteiger partial charge in [0.15, 0.2) is 0 Å². The summed E-state index contributed by atoms with van der Waals surface area (Å²) in [5.74, 6) is 0.451. The Morgan fingerprint density at radius 3 is 2.90 bits per heavy atom. The highest BCUT2D eigenvalue weighted by atomic mass is 16.3. The van der Waals surface area contributed by atoms with Gasteiger partial charge in [-0.3, -0.25) is 4.90 Å². The molecule has 2 amide bonds. The second-order valence-electron chi connectivity index (χ2n) is 1.85. The van der Waals surface area contributed by atoms with E-state index in [0.29, 0.717) is 5.88 Å². The van der Waals surface area contributed by atoms with E-state index in [9.17, 15) is 4.79 Å². The molecular formula is C6H8N2O2. The maximum Gasteiger partial charge on any atom is 0.321 e. The van der Waals surface area contributed by atoms with E-state index < -0.39 is 6.03 Å². The minimum Gasteiger partial charge on any atom is -0.448 e. The lowest BCUT2D eigenvalue weighted by Crippen LogP contribution is -2.31. The molecule has 1 aromatic rings. The van der Waals surface area contributed by atoms with Crippen molar-refractivity contribution < 1.29 is 9.21 Å². The molecule has 10 heavy (non-hydrogen) atoms. The lowest BCUT2D eigenvalue weighted by atomic mass is 10.6. The van der Waals surface area contributed by atoms with E-state index in [1.807, 2.05) is 0 Å². The predicted molar refractivity (Wildman–Crippen MR) is 36.7 cm³/mol. The molecule has 0 radical (unpaired) electrons. The molecule has 1 aromatic heterocycles. The van der Waals surface area contributed by atoms with Gasteiger partial charge in [-0.25, -0.2) is 4.79 Å². The van der Waals surface area contributed by atoms with Crippen molar-refractivity contribution in [2.24, 2.45) is 5.73 Å². The minimum atomic E-state index is -0.532. The van der Waals surface area contributed by atoms with Crippen molar-refractivity contribution in [1.29, 1.82) is 0 Å². The fourth-order valence-corrected chi connectivity index (χ4v) is 0.569. The Hall–Kier alpha value is -1.45. The molecule has 0 unspecified atom stereocenters. The van der Waals surface area contributed by atoms with Crippen molar-refractivity contribution in [2.45, 2.75) is 0 Å². The quantitative estimate of drug-likeness (QED) is 0.627. The molecule has 0 atom stereocenters. The van der Waals surface area contributed by atoms with Crippen LogP contribution in [0.5, 0.6) is 0 Å². The zero-order valence-electron chi connectivity index (χ0n) is 5.57. The van der Waals surface area contributed by atoms with Gasteiger partial charge in [0.1, 0.15) is 0 Å². The number of primary amides is 1. The first-order valence-corrected chi connectivity index (χ1v) is 2.78. The van der Waals surface area contributed by atoms with Gasteiger partial charge in [-0.1, -0.05) is 0 Å². The van der Waals surface area contributed by atoms with Gasteiger partial charge in [0.2, 0.25) is 5.88 Å². The Bertz CT molecular complexity index is 218. The Morgan fingerprint density at radius 2 is 2.50 bits per heavy atom. The maximum absolute atomic E-state index is 10.5. The normalized spacial score (nSPS) is 9.30. The molecule has 54 valence electrons. The second-order valence-corrected chi connectivity index (χ2v) is 1.85. The number of nitrogens with two attached hydrogens (primary N) is 1. The number of urea groups is 1. The van der Waals surface area contributed by atoms with E-state index in [1.165, 1.54) is 11.2 Å². The van der Waals surface area contributed by atoms with Crippen LogP contribution < -0.4 is 10.6 Å². The van der Waals surface area contributed by atoms with Crippen molar-refractivity contribution in [3.05, 3.63) is 18.4 Å². The summed E-state index contributed by atoms with van der Waals surface area (Å²) in [6.45, 7) is 0. The highest BCUT2D eigenvalue weighted by Crippen LogP contribution is 2.10. The number of rotatable bonds is 1. The first-order valence-electron chi connectivity index (χ1n) is 2.78. The largest absolute Gasteiger partial charge is 0.448 e. The third kappa shape index (κ3) is 1.10. The fourth-order valence-electron chi connectivity index (χ4n) is 0.569. The van der Waals surface area contributed by atoms with Crippen molar-refractivity contribution in [2.75, 3.05) is 11.9 Å². The van der Waals surface area contributed by atoms with E-state index in [0.717, 1.165) is 0 Å². The van der Waals surface area contributed by atoms with Gasteiger partial charge < -0.3 is 10.2 Å². The third-order valence-corrected chi connectivity index (χ3v) is 1.17. The van der Waals surface area contributed by atoms with E-state index >= 15 is 0 Å². The van der Waals surface area contributed by atoms with Crippen molar-refractivity contribution in [3.8, 4) is 0 Å². The topological polar surface area (TPSA) is 59.5 Å². The minimum absolute atomic E-state index is 0.451. The molecule has 0 aliphatic heterocycles. The first-order chi connectivity index (χ1) is 4.72. The number of amides is 2. The summed E-state index contributed by atoms with van der Waals surface area (Å²) in [6, 6.07) is 2.81. The number of anilines is 1. The molecule has 0 bridgehead atoms. The van der Waals surface area contributed by atoms with Gasteiger partial charge in [0.05, 0.1) is 6.26 Å². The molecule has 0 aromatic carbocycles. The van der Waals surface area contributed by atoms with Gasteiger partial charge in [0, 0.05) is 13.1 Å². The summed E-state index contributed by atoms with van der Waals surface area (Å²) >= 11 is 0. The molecule has 0 fully saturated rings. The standard InChI is InChI=1S/C6H8N2O2/c1-8(6(7)9)5-3-2-4-10-5/h2-4H,1H3,(H2,7,9). The van der Waals surface area contributed by atoms with Gasteiger partial charge >= 0.3 is 6.03 Å². The highest BCUT2D eigenvalue weighted by Gasteiger charge is 2.06. The van der Waals surface area contributed by atoms with E-state index in [2.05, 4.69) is 0 Å². The van der Waals surface area contributed by atoms with Crippen molar-refractivity contribution in [3.63, 3.8) is 0 Å². The molecule has 1 heterocycles. The zero-order valence-corrected chi connectivity index (χ0v) is 5.57. The van der Waals surface area contributed by atoms with Gasteiger partial charge in [-0.05, 0) is 6.07 Å². The van der Waals surface area contributed by atoms with Crippen molar-refractivity contribution >= 4 is 11.9 Å². The monoisotopic (exact) mass is 140 g/mol. The molecule has 0 aliphatic carbocycles. The average molecular weight is 140 g/mol. The van der Waals surface area contributed by atoms with E-state index in [4.69, 9.17) is 10.2 Å². The lowest BCUT2D eigenvalue weighted by Gasteiger charge is -2.08. The molecule has 0 saturated carbocycles. The highest BCUT2D eigenvalue weighted by molar-refractivity contribution is 5.88. The Balaban J connectivity index is 2.77. The summed E-state index contributed by atoms with van der Waals surface area (Å²) in [5.41, 5.74) is 4.95. The molecule has 4 heteroatoms. The molecule has 4 nitrogen and oxygen atoms in total. The van der Waals surface area contributed by atoms with Crippen LogP contribution in [0, 0.1) is 0 Å². The molecule has 2 N–H and O–H groups in total. The first kappa shape index (κ1) is 6.67. The van der Waals surface area contributed by atoms with Crippen LogP contribution in [0.2, 0.25) is 0 Å². The number of hydrogen-bond donors (Lipinski definition) is 1. The smallest absolute Gasteiger partial charge is 0.321 e. The van der Waals surface area contributed by atoms with Crippen molar-refractivity contribution in [1.82, 2.24) is 0 Å². The van der Waals surface area contributed by atoms with Crippen LogP contribution in [0.4, 0.5) is 10.7 Å². The van der Waals surface area contributed by atoms with Crippen LogP contribution in [0.1, 0.15) is 0 Å². The number of carbonyl (C=O) groups is 1. The van der Waals surface area contributed by atoms with Gasteiger partial charge in [0.25, 0.3) is 0 Å². The maximum atomic E-state index is 10.5. The van der Waals surface area contributed by atoms with Crippen LogP contribution in [0.3, 0.4) is 0 Å². The summed E-state index contributed by atoms with van der Waals surface area (Å²) in [7, 11) is 1.54. The SMILES string of the molecule is CN(C(N)=O)c1ccco1. The van der Waals surface area contributed by atoms with E-state index in [-0.39, 0.29) is 0 Å². The molecule has 0 spiro atoms. The second kappa shape index (κ2) is 2.43. The molecule has 1 rings (SSSR count). The summed E-state index contributed by atoms with van der Waals surface area (Å²) < 4.78 is 4.88. The summed E-state index contributed by atoms with van der Waals surface area (Å²) in [4.78, 5) is 11.7. The lowest BCUT2D eigenvalue weighted by molar-refractivity contribution is 0.254.